The Morgan fingerprint density at radius 2 is 1.43 bits per heavy atom. The molecule has 0 radical (unpaired) electrons. The molecule has 0 amide bonds. The van der Waals surface area contributed by atoms with Gasteiger partial charge in [-0.15, -0.1) is 0 Å². The highest BCUT2D eigenvalue weighted by molar-refractivity contribution is 5.86. The monoisotopic (exact) mass is 304 g/mol. The first kappa shape index (κ1) is 13.6. The van der Waals surface area contributed by atoms with Crippen molar-refractivity contribution in [1.82, 2.24) is 9.97 Å². The van der Waals surface area contributed by atoms with Crippen LogP contribution in [0, 0.1) is 5.82 Å². The van der Waals surface area contributed by atoms with Gasteiger partial charge in [-0.25, -0.2) is 14.4 Å². The van der Waals surface area contributed by atoms with Crippen LogP contribution < -0.4 is 4.74 Å². The van der Waals surface area contributed by atoms with E-state index in [1.807, 2.05) is 48.5 Å². The Morgan fingerprint density at radius 1 is 0.739 bits per heavy atom. The van der Waals surface area contributed by atoms with Crippen molar-refractivity contribution in [1.29, 1.82) is 0 Å². The minimum Gasteiger partial charge on any atom is -0.489 e. The molecule has 1 heterocycles. The summed E-state index contributed by atoms with van der Waals surface area (Å²) in [5.74, 6) is 0.422. The topological polar surface area (TPSA) is 35.0 Å². The van der Waals surface area contributed by atoms with Crippen molar-refractivity contribution >= 4 is 22.1 Å². The molecule has 112 valence electrons. The van der Waals surface area contributed by atoms with E-state index in [1.165, 1.54) is 12.1 Å². The minimum atomic E-state index is -0.311. The largest absolute Gasteiger partial charge is 0.489 e. The number of hydrogen-bond donors (Lipinski definition) is 0. The average molecular weight is 304 g/mol. The van der Waals surface area contributed by atoms with Gasteiger partial charge in [-0.3, -0.25) is 0 Å². The number of rotatable bonds is 3. The lowest BCUT2D eigenvalue weighted by Gasteiger charge is -2.07. The van der Waals surface area contributed by atoms with E-state index in [1.54, 1.807) is 6.07 Å². The van der Waals surface area contributed by atoms with Gasteiger partial charge >= 0.3 is 0 Å². The predicted octanol–water partition coefficient (Wildman–Crippen LogP) is 4.50. The summed E-state index contributed by atoms with van der Waals surface area (Å²) in [5.41, 5.74) is 3.77. The molecule has 0 aliphatic carbocycles. The second-order valence-corrected chi connectivity index (χ2v) is 5.28. The number of halogens is 1. The lowest BCUT2D eigenvalue weighted by molar-refractivity contribution is 0.306. The number of ether oxygens (including phenoxy) is 1. The summed E-state index contributed by atoms with van der Waals surface area (Å²) < 4.78 is 19.1. The normalized spacial score (nSPS) is 11.0. The molecule has 4 rings (SSSR count). The molecule has 0 saturated carbocycles. The van der Waals surface area contributed by atoms with Gasteiger partial charge in [0.1, 0.15) is 18.2 Å². The van der Waals surface area contributed by atoms with Crippen LogP contribution in [0.25, 0.3) is 22.1 Å². The fraction of sp³-hybridized carbons (Fsp3) is 0.0526. The maximum atomic E-state index is 13.3. The highest BCUT2D eigenvalue weighted by atomic mass is 19.1. The number of nitrogens with zero attached hydrogens (tertiary/aromatic N) is 2. The van der Waals surface area contributed by atoms with Gasteiger partial charge in [0.15, 0.2) is 0 Å². The molecule has 1 aromatic heterocycles. The molecule has 0 fully saturated rings. The van der Waals surface area contributed by atoms with E-state index in [2.05, 4.69) is 9.97 Å². The molecule has 0 aliphatic heterocycles. The summed E-state index contributed by atoms with van der Waals surface area (Å²) >= 11 is 0. The van der Waals surface area contributed by atoms with Crippen LogP contribution in [0.15, 0.2) is 66.7 Å². The molecule has 3 nitrogen and oxygen atoms in total. The van der Waals surface area contributed by atoms with Crippen LogP contribution in [-0.4, -0.2) is 9.97 Å². The van der Waals surface area contributed by atoms with Crippen molar-refractivity contribution in [3.63, 3.8) is 0 Å². The van der Waals surface area contributed by atoms with Gasteiger partial charge in [0.05, 0.1) is 22.1 Å². The molecule has 0 atom stereocenters. The van der Waals surface area contributed by atoms with Crippen molar-refractivity contribution < 1.29 is 9.13 Å². The second kappa shape index (κ2) is 5.65. The van der Waals surface area contributed by atoms with Crippen LogP contribution in [0.3, 0.4) is 0 Å². The Kier molecular flexibility index (Phi) is 3.35. The van der Waals surface area contributed by atoms with Gasteiger partial charge in [0, 0.05) is 12.1 Å². The van der Waals surface area contributed by atoms with Gasteiger partial charge in [0.2, 0.25) is 0 Å². The highest BCUT2D eigenvalue weighted by Crippen LogP contribution is 2.22. The Bertz CT molecular complexity index is 986. The van der Waals surface area contributed by atoms with Gasteiger partial charge in [-0.2, -0.15) is 0 Å². The Balaban J connectivity index is 1.67. The zero-order chi connectivity index (χ0) is 15.6. The van der Waals surface area contributed by atoms with Crippen molar-refractivity contribution in [2.24, 2.45) is 0 Å². The third-order valence-electron chi connectivity index (χ3n) is 3.61. The first-order valence-corrected chi connectivity index (χ1v) is 7.32. The zero-order valence-electron chi connectivity index (χ0n) is 12.2. The average Bonchev–Trinajstić information content (AvgIpc) is 2.59. The summed E-state index contributed by atoms with van der Waals surface area (Å²) in [6.45, 7) is 0.499. The Hall–Kier alpha value is -3.01. The van der Waals surface area contributed by atoms with Gasteiger partial charge in [-0.1, -0.05) is 30.3 Å². The van der Waals surface area contributed by atoms with Crippen molar-refractivity contribution in [3.05, 3.63) is 78.1 Å². The molecule has 0 bridgehead atoms. The van der Waals surface area contributed by atoms with E-state index in [4.69, 9.17) is 4.74 Å². The molecule has 0 saturated heterocycles. The summed E-state index contributed by atoms with van der Waals surface area (Å²) in [4.78, 5) is 8.97. The van der Waals surface area contributed by atoms with E-state index >= 15 is 0 Å². The molecule has 0 aliphatic rings. The van der Waals surface area contributed by atoms with Gasteiger partial charge in [0.25, 0.3) is 0 Å². The number of aromatic nitrogens is 2. The van der Waals surface area contributed by atoms with E-state index < -0.39 is 0 Å². The second-order valence-electron chi connectivity index (χ2n) is 5.28. The molecular weight excluding hydrogens is 291 g/mol. The van der Waals surface area contributed by atoms with E-state index in [9.17, 15) is 4.39 Å². The van der Waals surface area contributed by atoms with E-state index in [0.29, 0.717) is 17.6 Å². The number of fused-ring (bicyclic) bond motifs is 2. The number of benzene rings is 3. The van der Waals surface area contributed by atoms with Crippen molar-refractivity contribution in [2.45, 2.75) is 6.61 Å². The van der Waals surface area contributed by atoms with E-state index in [0.717, 1.165) is 22.3 Å². The third-order valence-corrected chi connectivity index (χ3v) is 3.61. The van der Waals surface area contributed by atoms with Crippen LogP contribution in [-0.2, 0) is 6.61 Å². The maximum Gasteiger partial charge on any atom is 0.125 e. The Labute approximate surface area is 132 Å². The van der Waals surface area contributed by atoms with Gasteiger partial charge < -0.3 is 4.74 Å². The van der Waals surface area contributed by atoms with Gasteiger partial charge in [-0.05, 0) is 29.8 Å². The molecule has 0 spiro atoms. The summed E-state index contributed by atoms with van der Waals surface area (Å²) in [5, 5.41) is 0. The number of hydrogen-bond acceptors (Lipinski definition) is 3. The quantitative estimate of drug-likeness (QED) is 0.523. The summed E-state index contributed by atoms with van der Waals surface area (Å²) in [6.07, 6.45) is 0. The molecule has 23 heavy (non-hydrogen) atoms. The van der Waals surface area contributed by atoms with Crippen molar-refractivity contribution in [2.75, 3.05) is 0 Å². The summed E-state index contributed by atoms with van der Waals surface area (Å²) in [7, 11) is 0. The Morgan fingerprint density at radius 3 is 2.22 bits per heavy atom. The zero-order valence-corrected chi connectivity index (χ0v) is 12.2. The van der Waals surface area contributed by atoms with Crippen LogP contribution in [0.2, 0.25) is 0 Å². The molecule has 0 N–H and O–H groups in total. The van der Waals surface area contributed by atoms with E-state index in [-0.39, 0.29) is 5.82 Å². The standard InChI is InChI=1S/C19H13FN2O/c20-14-6-8-16-18(10-14)21-17-9-7-15(11-19(17)22-16)23-12-13-4-2-1-3-5-13/h1-11H,12H2. The smallest absolute Gasteiger partial charge is 0.125 e. The lowest BCUT2D eigenvalue weighted by atomic mass is 10.2. The predicted molar refractivity (Wildman–Crippen MR) is 87.8 cm³/mol. The molecular formula is C19H13FN2O. The fourth-order valence-corrected chi connectivity index (χ4v) is 2.46. The van der Waals surface area contributed by atoms with Crippen LogP contribution in [0.1, 0.15) is 5.56 Å². The molecule has 3 aromatic carbocycles. The fourth-order valence-electron chi connectivity index (χ4n) is 2.46. The third kappa shape index (κ3) is 2.83. The summed E-state index contributed by atoms with van der Waals surface area (Å²) in [6, 6.07) is 19.9. The molecule has 0 unspecified atom stereocenters. The minimum absolute atomic E-state index is 0.311. The van der Waals surface area contributed by atoms with Crippen molar-refractivity contribution in [3.8, 4) is 5.75 Å². The van der Waals surface area contributed by atoms with Crippen LogP contribution in [0.5, 0.6) is 5.75 Å². The molecule has 4 heteroatoms. The van der Waals surface area contributed by atoms with Crippen LogP contribution >= 0.6 is 0 Å². The van der Waals surface area contributed by atoms with Crippen LogP contribution in [0.4, 0.5) is 4.39 Å². The first-order chi connectivity index (χ1) is 11.3. The maximum absolute atomic E-state index is 13.3. The molecule has 4 aromatic rings. The first-order valence-electron chi connectivity index (χ1n) is 7.32. The lowest BCUT2D eigenvalue weighted by Crippen LogP contribution is -1.95. The highest BCUT2D eigenvalue weighted by Gasteiger charge is 2.05. The SMILES string of the molecule is Fc1ccc2nc3cc(OCc4ccccc4)ccc3nc2c1.